The molecule has 2 amide bonds. The molecule has 0 aliphatic rings. The van der Waals surface area contributed by atoms with E-state index in [9.17, 15) is 9.59 Å². The molecule has 1 heterocycles. The Morgan fingerprint density at radius 3 is 2.46 bits per heavy atom. The second-order valence-corrected chi connectivity index (χ2v) is 6.26. The van der Waals surface area contributed by atoms with Crippen LogP contribution in [0.1, 0.15) is 52.6 Å². The number of carbonyl (C=O) groups is 2. The summed E-state index contributed by atoms with van der Waals surface area (Å²) in [5.74, 6) is 0.671. The fraction of sp³-hybridized carbons (Fsp3) is 0.381. The molecular weight excluding hydrogens is 358 g/mol. The van der Waals surface area contributed by atoms with Crippen LogP contribution in [0, 0.1) is 0 Å². The van der Waals surface area contributed by atoms with Crippen molar-refractivity contribution >= 4 is 11.8 Å². The number of methoxy groups -OCH3 is 2. The lowest BCUT2D eigenvalue weighted by Crippen LogP contribution is -2.27. The summed E-state index contributed by atoms with van der Waals surface area (Å²) in [6, 6.07) is 8.52. The van der Waals surface area contributed by atoms with Crippen molar-refractivity contribution in [1.29, 1.82) is 0 Å². The van der Waals surface area contributed by atoms with Crippen LogP contribution in [0.3, 0.4) is 0 Å². The van der Waals surface area contributed by atoms with Gasteiger partial charge in [-0.1, -0.05) is 25.8 Å². The maximum Gasteiger partial charge on any atom is 0.269 e. The van der Waals surface area contributed by atoms with Gasteiger partial charge in [0.2, 0.25) is 0 Å². The van der Waals surface area contributed by atoms with E-state index in [4.69, 9.17) is 9.47 Å². The number of nitrogens with zero attached hydrogens (tertiary/aromatic N) is 1. The van der Waals surface area contributed by atoms with E-state index in [1.165, 1.54) is 12.3 Å². The first kappa shape index (κ1) is 21.2. The summed E-state index contributed by atoms with van der Waals surface area (Å²) >= 11 is 0. The summed E-state index contributed by atoms with van der Waals surface area (Å²) in [5, 5.41) is 5.66. The molecule has 0 unspecified atom stereocenters. The number of benzene rings is 1. The number of aromatic nitrogens is 1. The van der Waals surface area contributed by atoms with Crippen LogP contribution in [0.4, 0.5) is 0 Å². The Balaban J connectivity index is 1.96. The predicted octanol–water partition coefficient (Wildman–Crippen LogP) is 2.95. The third-order valence-electron chi connectivity index (χ3n) is 4.22. The van der Waals surface area contributed by atoms with Crippen molar-refractivity contribution in [1.82, 2.24) is 15.6 Å². The van der Waals surface area contributed by atoms with E-state index in [-0.39, 0.29) is 17.5 Å². The molecule has 1 aromatic heterocycles. The third-order valence-corrected chi connectivity index (χ3v) is 4.22. The number of carbonyl (C=O) groups excluding carboxylic acids is 2. The van der Waals surface area contributed by atoms with E-state index in [1.54, 1.807) is 32.4 Å². The van der Waals surface area contributed by atoms with E-state index < -0.39 is 0 Å². The van der Waals surface area contributed by atoms with Gasteiger partial charge >= 0.3 is 0 Å². The molecule has 0 saturated heterocycles. The Hall–Kier alpha value is -3.09. The molecule has 2 rings (SSSR count). The van der Waals surface area contributed by atoms with Crippen molar-refractivity contribution in [2.75, 3.05) is 20.8 Å². The highest BCUT2D eigenvalue weighted by molar-refractivity contribution is 5.98. The van der Waals surface area contributed by atoms with Crippen molar-refractivity contribution in [3.63, 3.8) is 0 Å². The molecule has 1 aromatic carbocycles. The number of pyridine rings is 1. The molecule has 7 nitrogen and oxygen atoms in total. The topological polar surface area (TPSA) is 89.6 Å². The van der Waals surface area contributed by atoms with Crippen LogP contribution in [0.15, 0.2) is 36.5 Å². The Labute approximate surface area is 165 Å². The molecule has 0 saturated carbocycles. The summed E-state index contributed by atoms with van der Waals surface area (Å²) in [4.78, 5) is 28.7. The zero-order valence-electron chi connectivity index (χ0n) is 16.6. The van der Waals surface area contributed by atoms with Gasteiger partial charge in [0.1, 0.15) is 5.69 Å². The standard InChI is InChI=1S/C21H27N3O4/c1-4-5-6-10-23-21(26)17-13-16(9-11-22-17)20(25)24-14-15-7-8-18(27-2)19(12-15)28-3/h7-9,11-13H,4-6,10,14H2,1-3H3,(H,23,26)(H,24,25). The van der Waals surface area contributed by atoms with Crippen LogP contribution < -0.4 is 20.1 Å². The highest BCUT2D eigenvalue weighted by Crippen LogP contribution is 2.27. The first-order chi connectivity index (χ1) is 13.6. The van der Waals surface area contributed by atoms with Gasteiger partial charge in [-0.2, -0.15) is 0 Å². The summed E-state index contributed by atoms with van der Waals surface area (Å²) in [6.07, 6.45) is 4.54. The molecule has 2 N–H and O–H groups in total. The second kappa shape index (κ2) is 10.9. The number of rotatable bonds is 10. The predicted molar refractivity (Wildman–Crippen MR) is 107 cm³/mol. The number of unbranched alkanes of at least 4 members (excludes halogenated alkanes) is 2. The van der Waals surface area contributed by atoms with E-state index in [0.29, 0.717) is 30.2 Å². The maximum absolute atomic E-state index is 12.4. The molecule has 150 valence electrons. The van der Waals surface area contributed by atoms with Crippen LogP contribution in [-0.2, 0) is 6.54 Å². The van der Waals surface area contributed by atoms with Gasteiger partial charge in [-0.15, -0.1) is 0 Å². The lowest BCUT2D eigenvalue weighted by atomic mass is 10.1. The van der Waals surface area contributed by atoms with Gasteiger partial charge in [0.15, 0.2) is 11.5 Å². The number of nitrogens with one attached hydrogen (secondary N) is 2. The van der Waals surface area contributed by atoms with E-state index in [1.807, 2.05) is 6.07 Å². The maximum atomic E-state index is 12.4. The molecule has 0 aliphatic heterocycles. The Bertz CT molecular complexity index is 808. The molecule has 0 atom stereocenters. The molecule has 0 spiro atoms. The minimum Gasteiger partial charge on any atom is -0.493 e. The molecule has 0 aliphatic carbocycles. The van der Waals surface area contributed by atoms with Crippen molar-refractivity contribution in [2.45, 2.75) is 32.7 Å². The Morgan fingerprint density at radius 1 is 0.964 bits per heavy atom. The van der Waals surface area contributed by atoms with E-state index >= 15 is 0 Å². The first-order valence-corrected chi connectivity index (χ1v) is 9.32. The Kier molecular flexibility index (Phi) is 8.27. The lowest BCUT2D eigenvalue weighted by molar-refractivity contribution is 0.0948. The third kappa shape index (κ3) is 5.97. The molecule has 0 radical (unpaired) electrons. The van der Waals surface area contributed by atoms with Crippen LogP contribution in [0.25, 0.3) is 0 Å². The summed E-state index contributed by atoms with van der Waals surface area (Å²) in [7, 11) is 3.13. The van der Waals surface area contributed by atoms with Crippen LogP contribution in [0.2, 0.25) is 0 Å². The largest absolute Gasteiger partial charge is 0.493 e. The second-order valence-electron chi connectivity index (χ2n) is 6.26. The molecular formula is C21H27N3O4. The average molecular weight is 385 g/mol. The number of hydrogen-bond acceptors (Lipinski definition) is 5. The molecule has 2 aromatic rings. The normalized spacial score (nSPS) is 10.2. The molecule has 28 heavy (non-hydrogen) atoms. The van der Waals surface area contributed by atoms with E-state index in [2.05, 4.69) is 22.5 Å². The quantitative estimate of drug-likeness (QED) is 0.614. The fourth-order valence-electron chi connectivity index (χ4n) is 2.64. The first-order valence-electron chi connectivity index (χ1n) is 9.32. The van der Waals surface area contributed by atoms with Gasteiger partial charge in [0.25, 0.3) is 11.8 Å². The lowest BCUT2D eigenvalue weighted by Gasteiger charge is -2.11. The number of ether oxygens (including phenoxy) is 2. The molecule has 0 fully saturated rings. The highest BCUT2D eigenvalue weighted by atomic mass is 16.5. The smallest absolute Gasteiger partial charge is 0.269 e. The van der Waals surface area contributed by atoms with E-state index in [0.717, 1.165) is 24.8 Å². The fourth-order valence-corrected chi connectivity index (χ4v) is 2.64. The zero-order valence-corrected chi connectivity index (χ0v) is 16.6. The minimum atomic E-state index is -0.280. The van der Waals surface area contributed by atoms with Crippen LogP contribution in [0.5, 0.6) is 11.5 Å². The van der Waals surface area contributed by atoms with Gasteiger partial charge in [0, 0.05) is 24.8 Å². The monoisotopic (exact) mass is 385 g/mol. The van der Waals surface area contributed by atoms with Crippen molar-refractivity contribution < 1.29 is 19.1 Å². The van der Waals surface area contributed by atoms with Crippen molar-refractivity contribution in [2.24, 2.45) is 0 Å². The van der Waals surface area contributed by atoms with Gasteiger partial charge < -0.3 is 20.1 Å². The summed E-state index contributed by atoms with van der Waals surface area (Å²) < 4.78 is 10.5. The molecule has 7 heteroatoms. The van der Waals surface area contributed by atoms with Crippen LogP contribution >= 0.6 is 0 Å². The number of hydrogen-bond donors (Lipinski definition) is 2. The summed E-state index contributed by atoms with van der Waals surface area (Å²) in [6.45, 7) is 3.03. The van der Waals surface area contributed by atoms with Gasteiger partial charge in [-0.05, 0) is 36.2 Å². The summed E-state index contributed by atoms with van der Waals surface area (Å²) in [5.41, 5.74) is 1.48. The number of amides is 2. The van der Waals surface area contributed by atoms with Crippen LogP contribution in [-0.4, -0.2) is 37.6 Å². The van der Waals surface area contributed by atoms with Gasteiger partial charge in [0.05, 0.1) is 14.2 Å². The van der Waals surface area contributed by atoms with Gasteiger partial charge in [-0.3, -0.25) is 14.6 Å². The van der Waals surface area contributed by atoms with Gasteiger partial charge in [-0.25, -0.2) is 0 Å². The van der Waals surface area contributed by atoms with Crippen molar-refractivity contribution in [3.8, 4) is 11.5 Å². The van der Waals surface area contributed by atoms with Crippen molar-refractivity contribution in [3.05, 3.63) is 53.3 Å². The average Bonchev–Trinajstić information content (AvgIpc) is 2.74. The molecule has 0 bridgehead atoms. The minimum absolute atomic E-state index is 0.232. The zero-order chi connectivity index (χ0) is 20.4. The highest BCUT2D eigenvalue weighted by Gasteiger charge is 2.12. The Morgan fingerprint density at radius 2 is 1.75 bits per heavy atom. The SMILES string of the molecule is CCCCCNC(=O)c1cc(C(=O)NCc2ccc(OC)c(OC)c2)ccn1.